The number of ether oxygens (including phenoxy) is 4. The van der Waals surface area contributed by atoms with Crippen LogP contribution in [0.4, 0.5) is 9.18 Å². The van der Waals surface area contributed by atoms with Gasteiger partial charge >= 0.3 is 12.1 Å². The van der Waals surface area contributed by atoms with Crippen LogP contribution < -0.4 is 0 Å². The van der Waals surface area contributed by atoms with Gasteiger partial charge in [0.25, 0.3) is 5.67 Å². The molecular weight excluding hydrogens is 719 g/mol. The first-order chi connectivity index (χ1) is 26.3. The van der Waals surface area contributed by atoms with E-state index in [2.05, 4.69) is 0 Å². The Morgan fingerprint density at radius 3 is 2.34 bits per heavy atom. The number of aliphatic hydroxyl groups excluding tert-OH is 1. The highest BCUT2D eigenvalue weighted by Crippen LogP contribution is 2.46. The van der Waals surface area contributed by atoms with Crippen LogP contribution in [0.3, 0.4) is 0 Å². The van der Waals surface area contributed by atoms with Gasteiger partial charge in [-0.3, -0.25) is 14.6 Å². The molecule has 0 bridgehead atoms. The predicted molar refractivity (Wildman–Crippen MR) is 209 cm³/mol. The van der Waals surface area contributed by atoms with Crippen LogP contribution >= 0.6 is 0 Å². The van der Waals surface area contributed by atoms with Gasteiger partial charge in [0.2, 0.25) is 0 Å². The van der Waals surface area contributed by atoms with Crippen molar-refractivity contribution in [3.8, 4) is 0 Å². The minimum atomic E-state index is -3.10. The molecule has 3 fully saturated rings. The summed E-state index contributed by atoms with van der Waals surface area (Å²) in [4.78, 5) is 63.0. The molecule has 0 aliphatic carbocycles. The van der Waals surface area contributed by atoms with Crippen LogP contribution in [-0.4, -0.2) is 93.2 Å². The zero-order valence-electron chi connectivity index (χ0n) is 34.9. The molecule has 3 aliphatic rings. The van der Waals surface area contributed by atoms with E-state index in [-0.39, 0.29) is 43.6 Å². The Kier molecular flexibility index (Phi) is 13.4. The van der Waals surface area contributed by atoms with Gasteiger partial charge in [0, 0.05) is 35.4 Å². The highest BCUT2D eigenvalue weighted by atomic mass is 19.1. The molecule has 1 amide bonds. The molecule has 1 unspecified atom stereocenters. The molecule has 12 atom stereocenters. The summed E-state index contributed by atoms with van der Waals surface area (Å²) in [7, 11) is 0. The normalized spacial score (nSPS) is 37.2. The van der Waals surface area contributed by atoms with E-state index in [1.807, 2.05) is 71.0 Å². The lowest BCUT2D eigenvalue weighted by molar-refractivity contribution is -0.284. The number of amides is 1. The van der Waals surface area contributed by atoms with Gasteiger partial charge in [-0.15, -0.1) is 0 Å². The van der Waals surface area contributed by atoms with Crippen molar-refractivity contribution in [1.29, 1.82) is 0 Å². The number of aryl methyl sites for hydroxylation is 1. The minimum Gasteiger partial charge on any atom is -0.455 e. The second kappa shape index (κ2) is 17.2. The topological polar surface area (TPSA) is 142 Å². The number of ketones is 2. The van der Waals surface area contributed by atoms with E-state index in [9.17, 15) is 24.3 Å². The summed E-state index contributed by atoms with van der Waals surface area (Å²) in [6.07, 6.45) is -2.14. The van der Waals surface area contributed by atoms with Crippen LogP contribution in [-0.2, 0) is 39.8 Å². The number of hydrogen-bond donors (Lipinski definition) is 1. The number of unbranched alkanes of at least 4 members (excludes halogenated alkanes) is 1. The van der Waals surface area contributed by atoms with Gasteiger partial charge in [-0.25, -0.2) is 14.0 Å². The molecule has 1 aromatic carbocycles. The number of pyridine rings is 1. The largest absolute Gasteiger partial charge is 0.455 e. The van der Waals surface area contributed by atoms with Crippen molar-refractivity contribution >= 4 is 34.5 Å². The third-order valence-corrected chi connectivity index (χ3v) is 12.7. The van der Waals surface area contributed by atoms with Gasteiger partial charge in [0.05, 0.1) is 23.8 Å². The Bertz CT molecular complexity index is 1750. The number of aliphatic hydroxyl groups is 1. The molecule has 56 heavy (non-hydrogen) atoms. The molecule has 310 valence electrons. The fourth-order valence-electron chi connectivity index (χ4n) is 9.76. The van der Waals surface area contributed by atoms with Gasteiger partial charge in [0.15, 0.2) is 17.7 Å². The fourth-order valence-corrected chi connectivity index (χ4v) is 9.76. The molecule has 11 nitrogen and oxygen atoms in total. The average Bonchev–Trinajstić information content (AvgIpc) is 3.45. The van der Waals surface area contributed by atoms with Gasteiger partial charge in [-0.1, -0.05) is 79.7 Å². The molecule has 12 heteroatoms. The zero-order chi connectivity index (χ0) is 41.3. The first-order valence-electron chi connectivity index (χ1n) is 20.6. The summed E-state index contributed by atoms with van der Waals surface area (Å²) in [5.74, 6) is -5.34. The molecule has 5 rings (SSSR count). The van der Waals surface area contributed by atoms with Gasteiger partial charge in [-0.05, 0) is 82.3 Å². The highest BCUT2D eigenvalue weighted by molar-refractivity contribution is 6.07. The number of aromatic nitrogens is 1. The van der Waals surface area contributed by atoms with Crippen LogP contribution in [0.5, 0.6) is 0 Å². The van der Waals surface area contributed by atoms with E-state index >= 15 is 4.39 Å². The number of carbonyl (C=O) groups excluding carboxylic acids is 4. The number of carbonyl (C=O) groups is 4. The summed E-state index contributed by atoms with van der Waals surface area (Å²) < 4.78 is 41.4. The van der Waals surface area contributed by atoms with Crippen molar-refractivity contribution in [2.24, 2.45) is 29.1 Å². The van der Waals surface area contributed by atoms with E-state index in [1.54, 1.807) is 25.7 Å². The third-order valence-electron chi connectivity index (χ3n) is 12.7. The van der Waals surface area contributed by atoms with Gasteiger partial charge in [-0.2, -0.15) is 0 Å². The van der Waals surface area contributed by atoms with Crippen molar-refractivity contribution in [2.45, 2.75) is 162 Å². The number of halogens is 1. The van der Waals surface area contributed by atoms with Crippen LogP contribution in [0.25, 0.3) is 10.9 Å². The number of alkyl halides is 1. The predicted octanol–water partition coefficient (Wildman–Crippen LogP) is 7.57. The van der Waals surface area contributed by atoms with Gasteiger partial charge in [0.1, 0.15) is 18.0 Å². The first kappa shape index (κ1) is 43.6. The van der Waals surface area contributed by atoms with E-state index in [1.165, 1.54) is 6.92 Å². The maximum Gasteiger partial charge on any atom is 0.410 e. The molecule has 1 N–H and O–H groups in total. The number of rotatable bonds is 9. The molecule has 4 heterocycles. The summed E-state index contributed by atoms with van der Waals surface area (Å²) in [6.45, 7) is 17.2. The summed E-state index contributed by atoms with van der Waals surface area (Å²) in [6, 6.07) is 11.1. The van der Waals surface area contributed by atoms with Crippen molar-refractivity contribution in [3.63, 3.8) is 0 Å². The Morgan fingerprint density at radius 2 is 1.66 bits per heavy atom. The first-order valence-corrected chi connectivity index (χ1v) is 20.6. The molecular formula is C44H63FN2O9. The molecule has 3 aliphatic heterocycles. The third kappa shape index (κ3) is 8.53. The highest BCUT2D eigenvalue weighted by Gasteiger charge is 2.62. The van der Waals surface area contributed by atoms with Crippen molar-refractivity contribution in [2.75, 3.05) is 6.54 Å². The standard InChI is InChI=1S/C44H63FN2O9/c1-11-33-44(12-2)36(47(41(52)56-44)22-16-15-18-31-21-20-30-17-13-14-19-32(30)46-31)28(6)34(48)26(4)24-42(8,9)38(29(7)37(50)43(10,45)40(51)54-33)55-39-35(49)25(3)23-27(5)53-39/h13-14,17,19-21,25-29,33,35-36,38-39,49H,11-12,15-16,18,22-24H2,1-10H3/t25-,26+,27+,28-,29-,33+,35+,36+,38+,39?,43-,44+/m0/s1. The molecule has 3 saturated heterocycles. The second-order valence-corrected chi connectivity index (χ2v) is 17.6. The number of hydrogen-bond acceptors (Lipinski definition) is 10. The zero-order valence-corrected chi connectivity index (χ0v) is 34.9. The summed E-state index contributed by atoms with van der Waals surface area (Å²) in [5, 5.41) is 12.1. The maximum atomic E-state index is 16.8. The molecule has 0 radical (unpaired) electrons. The van der Waals surface area contributed by atoms with Crippen molar-refractivity contribution in [1.82, 2.24) is 9.88 Å². The molecule has 1 aromatic heterocycles. The second-order valence-electron chi connectivity index (χ2n) is 17.6. The Labute approximate surface area is 331 Å². The SMILES string of the molecule is CC[C@H]1OC(=O)[C@@](C)(F)C(=O)[C@H](C)[C@@H](OC2O[C@H](C)C[C@H](C)[C@H]2O)C(C)(C)C[C@@H](C)C(=O)[C@H](C)[C@H]2N(CCCCc3ccc4ccccc4n3)C(=O)O[C@]12CC. The van der Waals surface area contributed by atoms with Crippen LogP contribution in [0.1, 0.15) is 113 Å². The molecule has 0 spiro atoms. The number of benzene rings is 1. The Balaban J connectivity index is 1.48. The Hall–Kier alpha value is -3.48. The number of cyclic esters (lactones) is 1. The fraction of sp³-hybridized carbons (Fsp3) is 0.705. The molecule has 0 saturated carbocycles. The van der Waals surface area contributed by atoms with E-state index in [0.29, 0.717) is 25.7 Å². The average molecular weight is 783 g/mol. The lowest BCUT2D eigenvalue weighted by atomic mass is 9.68. The van der Waals surface area contributed by atoms with E-state index in [0.717, 1.165) is 23.5 Å². The van der Waals surface area contributed by atoms with Crippen LogP contribution in [0.15, 0.2) is 36.4 Å². The van der Waals surface area contributed by atoms with Crippen LogP contribution in [0, 0.1) is 29.1 Å². The van der Waals surface area contributed by atoms with E-state index < -0.39 is 82.9 Å². The van der Waals surface area contributed by atoms with Crippen molar-refractivity contribution in [3.05, 3.63) is 42.1 Å². The maximum absolute atomic E-state index is 16.8. The number of fused-ring (bicyclic) bond motifs is 2. The Morgan fingerprint density at radius 1 is 0.964 bits per heavy atom. The van der Waals surface area contributed by atoms with Crippen molar-refractivity contribution < 1.29 is 47.6 Å². The monoisotopic (exact) mass is 782 g/mol. The lowest BCUT2D eigenvalue weighted by Gasteiger charge is -2.46. The van der Waals surface area contributed by atoms with Crippen LogP contribution in [0.2, 0.25) is 0 Å². The smallest absolute Gasteiger partial charge is 0.410 e. The number of Topliss-reactive ketones (excluding diaryl/α,β-unsaturated/α-hetero) is 2. The minimum absolute atomic E-state index is 0.132. The summed E-state index contributed by atoms with van der Waals surface area (Å²) >= 11 is 0. The lowest BCUT2D eigenvalue weighted by Crippen LogP contribution is -2.60. The summed E-state index contributed by atoms with van der Waals surface area (Å²) in [5.41, 5.74) is -3.72. The van der Waals surface area contributed by atoms with Gasteiger partial charge < -0.3 is 29.0 Å². The molecule has 2 aromatic rings. The quantitative estimate of drug-likeness (QED) is 0.154. The number of nitrogens with zero attached hydrogens (tertiary/aromatic N) is 2. The van der Waals surface area contributed by atoms with E-state index in [4.69, 9.17) is 23.9 Å². The number of esters is 1. The number of para-hydroxylation sites is 1.